The van der Waals surface area contributed by atoms with Gasteiger partial charge in [0.25, 0.3) is 0 Å². The van der Waals surface area contributed by atoms with Gasteiger partial charge in [-0.25, -0.2) is 9.59 Å². The van der Waals surface area contributed by atoms with E-state index < -0.39 is 59.0 Å². The van der Waals surface area contributed by atoms with E-state index in [1.54, 1.807) is 20.8 Å². The summed E-state index contributed by atoms with van der Waals surface area (Å²) in [7, 11) is 1.23. The molecule has 2 aromatic rings. The molecule has 42 heavy (non-hydrogen) atoms. The number of alkyl carbamates (subject to hydrolysis) is 1. The van der Waals surface area contributed by atoms with E-state index in [4.69, 9.17) is 9.47 Å². The van der Waals surface area contributed by atoms with Crippen molar-refractivity contribution in [2.75, 3.05) is 7.11 Å². The van der Waals surface area contributed by atoms with Crippen molar-refractivity contribution in [1.82, 2.24) is 21.3 Å². The molecule has 0 aromatic heterocycles. The Morgan fingerprint density at radius 1 is 0.738 bits per heavy atom. The normalized spacial score (nSPS) is 15.7. The second-order valence-electron chi connectivity index (χ2n) is 11.6. The van der Waals surface area contributed by atoms with Crippen molar-refractivity contribution < 1.29 is 33.4 Å². The van der Waals surface area contributed by atoms with Crippen LogP contribution in [0.1, 0.15) is 52.7 Å². The van der Waals surface area contributed by atoms with E-state index in [-0.39, 0.29) is 12.8 Å². The molecule has 3 rings (SSSR count). The second-order valence-corrected chi connectivity index (χ2v) is 11.6. The summed E-state index contributed by atoms with van der Waals surface area (Å²) in [6.07, 6.45) is -0.519. The molecule has 0 saturated heterocycles. The molecular formula is C31H40N4O7. The number of methoxy groups -OCH3 is 1. The van der Waals surface area contributed by atoms with E-state index in [1.807, 2.05) is 48.5 Å². The highest BCUT2D eigenvalue weighted by atomic mass is 16.6. The van der Waals surface area contributed by atoms with Crippen molar-refractivity contribution in [1.29, 1.82) is 0 Å². The van der Waals surface area contributed by atoms with E-state index >= 15 is 0 Å². The van der Waals surface area contributed by atoms with Gasteiger partial charge in [0.15, 0.2) is 0 Å². The fourth-order valence-corrected chi connectivity index (χ4v) is 4.76. The summed E-state index contributed by atoms with van der Waals surface area (Å²) >= 11 is 0. The molecule has 4 N–H and O–H groups in total. The number of benzene rings is 2. The van der Waals surface area contributed by atoms with E-state index in [2.05, 4.69) is 21.3 Å². The Balaban J connectivity index is 1.89. The lowest BCUT2D eigenvalue weighted by molar-refractivity contribution is -0.145. The van der Waals surface area contributed by atoms with Crippen molar-refractivity contribution >= 4 is 29.8 Å². The predicted molar refractivity (Wildman–Crippen MR) is 156 cm³/mol. The third-order valence-electron chi connectivity index (χ3n) is 6.89. The minimum atomic E-state index is -1.51. The fourth-order valence-electron chi connectivity index (χ4n) is 4.76. The van der Waals surface area contributed by atoms with Crippen LogP contribution in [0.5, 0.6) is 0 Å². The van der Waals surface area contributed by atoms with Gasteiger partial charge in [0.05, 0.1) is 7.11 Å². The van der Waals surface area contributed by atoms with Gasteiger partial charge in [0, 0.05) is 12.8 Å². The Morgan fingerprint density at radius 3 is 1.74 bits per heavy atom. The summed E-state index contributed by atoms with van der Waals surface area (Å²) < 4.78 is 9.97. The summed E-state index contributed by atoms with van der Waals surface area (Å²) in [6.45, 7) is 9.55. The summed E-state index contributed by atoms with van der Waals surface area (Å²) in [6, 6.07) is 12.2. The van der Waals surface area contributed by atoms with Crippen LogP contribution < -0.4 is 21.3 Å². The van der Waals surface area contributed by atoms with Crippen LogP contribution in [0.2, 0.25) is 0 Å². The number of rotatable bonds is 8. The average Bonchev–Trinajstić information content (AvgIpc) is 3.06. The fraction of sp³-hybridized carbons (Fsp3) is 0.452. The molecule has 0 saturated carbocycles. The number of carbonyl (C=O) groups is 5. The SMILES string of the molecule is COC(=O)[C@H](C)NC(=O)C1(NC(=O)[C@H](C)NC(=O)[C@H](C)NC(=O)OC(C)(C)C)Cc2ccccc2-c2ccccc2C1. The molecule has 0 radical (unpaired) electrons. The standard InChI is InChI=1S/C31H40N4O7/c1-18(34-29(40)42-30(4,5)6)25(36)32-19(2)26(37)35-31(28(39)33-20(3)27(38)41-7)16-21-12-8-10-14-23(21)24-15-11-9-13-22(24)17-31/h8-15,18-20H,16-17H2,1-7H3,(H,32,36)(H,33,39)(H,34,40)(H,35,37)/t18-,19-,20-/m0/s1. The van der Waals surface area contributed by atoms with Gasteiger partial charge >= 0.3 is 12.1 Å². The predicted octanol–water partition coefficient (Wildman–Crippen LogP) is 2.40. The third kappa shape index (κ3) is 7.86. The van der Waals surface area contributed by atoms with Gasteiger partial charge in [-0.05, 0) is 63.8 Å². The summed E-state index contributed by atoms with van der Waals surface area (Å²) in [5.41, 5.74) is 1.26. The molecule has 226 valence electrons. The van der Waals surface area contributed by atoms with Crippen LogP contribution in [0, 0.1) is 0 Å². The highest BCUT2D eigenvalue weighted by Gasteiger charge is 2.44. The number of fused-ring (bicyclic) bond motifs is 3. The first-order valence-electron chi connectivity index (χ1n) is 13.8. The Morgan fingerprint density at radius 2 is 1.24 bits per heavy atom. The summed E-state index contributed by atoms with van der Waals surface area (Å²) in [4.78, 5) is 64.6. The van der Waals surface area contributed by atoms with Crippen LogP contribution in [-0.2, 0) is 41.5 Å². The Kier molecular flexibility index (Phi) is 9.98. The summed E-state index contributed by atoms with van der Waals surface area (Å²) in [5.74, 6) is -2.44. The maximum Gasteiger partial charge on any atom is 0.408 e. The zero-order chi connectivity index (χ0) is 31.2. The van der Waals surface area contributed by atoms with Crippen molar-refractivity contribution in [2.45, 2.75) is 83.6 Å². The maximum atomic E-state index is 14.0. The first-order chi connectivity index (χ1) is 19.7. The van der Waals surface area contributed by atoms with Crippen LogP contribution in [0.3, 0.4) is 0 Å². The van der Waals surface area contributed by atoms with Crippen molar-refractivity contribution in [3.63, 3.8) is 0 Å². The van der Waals surface area contributed by atoms with Crippen molar-refractivity contribution in [3.05, 3.63) is 59.7 Å². The maximum absolute atomic E-state index is 14.0. The highest BCUT2D eigenvalue weighted by molar-refractivity contribution is 5.98. The van der Waals surface area contributed by atoms with Gasteiger partial charge in [-0.15, -0.1) is 0 Å². The largest absolute Gasteiger partial charge is 0.467 e. The van der Waals surface area contributed by atoms with Gasteiger partial charge in [-0.1, -0.05) is 48.5 Å². The number of ether oxygens (including phenoxy) is 2. The molecule has 3 atom stereocenters. The number of esters is 1. The van der Waals surface area contributed by atoms with Gasteiger partial charge < -0.3 is 30.7 Å². The molecule has 1 aliphatic carbocycles. The second kappa shape index (κ2) is 13.1. The molecule has 0 aliphatic heterocycles. The minimum absolute atomic E-state index is 0.126. The first-order valence-corrected chi connectivity index (χ1v) is 13.8. The van der Waals surface area contributed by atoms with Crippen molar-refractivity contribution in [2.24, 2.45) is 0 Å². The molecule has 1 aliphatic rings. The topological polar surface area (TPSA) is 152 Å². The smallest absolute Gasteiger partial charge is 0.408 e. The Labute approximate surface area is 246 Å². The lowest BCUT2D eigenvalue weighted by atomic mass is 9.84. The van der Waals surface area contributed by atoms with Crippen molar-refractivity contribution in [3.8, 4) is 11.1 Å². The molecule has 0 fully saturated rings. The molecule has 0 unspecified atom stereocenters. The number of nitrogens with one attached hydrogen (secondary N) is 4. The molecule has 11 nitrogen and oxygen atoms in total. The van der Waals surface area contributed by atoms with Crippen LogP contribution >= 0.6 is 0 Å². The summed E-state index contributed by atoms with van der Waals surface area (Å²) in [5, 5.41) is 10.6. The van der Waals surface area contributed by atoms with Gasteiger partial charge in [-0.3, -0.25) is 14.4 Å². The molecule has 0 bridgehead atoms. The van der Waals surface area contributed by atoms with E-state index in [0.29, 0.717) is 0 Å². The average molecular weight is 581 g/mol. The van der Waals surface area contributed by atoms with Crippen LogP contribution in [0.15, 0.2) is 48.5 Å². The third-order valence-corrected chi connectivity index (χ3v) is 6.89. The molecular weight excluding hydrogens is 540 g/mol. The Hall–Kier alpha value is -4.41. The quantitative estimate of drug-likeness (QED) is 0.350. The minimum Gasteiger partial charge on any atom is -0.467 e. The monoisotopic (exact) mass is 580 g/mol. The van der Waals surface area contributed by atoms with Gasteiger partial charge in [0.2, 0.25) is 17.7 Å². The van der Waals surface area contributed by atoms with Crippen LogP contribution in [0.4, 0.5) is 4.79 Å². The molecule has 4 amide bonds. The molecule has 0 spiro atoms. The molecule has 0 heterocycles. The van der Waals surface area contributed by atoms with E-state index in [0.717, 1.165) is 22.3 Å². The van der Waals surface area contributed by atoms with Crippen LogP contribution in [-0.4, -0.2) is 66.2 Å². The number of carbonyl (C=O) groups excluding carboxylic acids is 5. The van der Waals surface area contributed by atoms with Gasteiger partial charge in [0.1, 0.15) is 29.3 Å². The first kappa shape index (κ1) is 32.1. The molecule has 11 heteroatoms. The highest BCUT2D eigenvalue weighted by Crippen LogP contribution is 2.36. The van der Waals surface area contributed by atoms with E-state index in [9.17, 15) is 24.0 Å². The Bertz CT molecular complexity index is 1300. The van der Waals surface area contributed by atoms with Gasteiger partial charge in [-0.2, -0.15) is 0 Å². The zero-order valence-corrected chi connectivity index (χ0v) is 25.1. The number of hydrogen-bond donors (Lipinski definition) is 4. The van der Waals surface area contributed by atoms with Crippen LogP contribution in [0.25, 0.3) is 11.1 Å². The van der Waals surface area contributed by atoms with E-state index in [1.165, 1.54) is 27.9 Å². The number of hydrogen-bond acceptors (Lipinski definition) is 7. The number of amides is 4. The zero-order valence-electron chi connectivity index (χ0n) is 25.1. The lowest BCUT2D eigenvalue weighted by Gasteiger charge is -2.35. The lowest BCUT2D eigenvalue weighted by Crippen LogP contribution is -2.65. The molecule has 2 aromatic carbocycles.